The normalized spacial score (nSPS) is 12.1. The Labute approximate surface area is 218 Å². The van der Waals surface area contributed by atoms with Crippen LogP contribution in [0.4, 0.5) is 4.79 Å². The number of rotatable bonds is 7. The quantitative estimate of drug-likeness (QED) is 0.363. The SMILES string of the molecule is CCc1nc2c(C)nc(C)cn2c1-c1ccc(C(C)(C)CNC(=O)NS(=O)(=O)c2ccc(C)cc2)cc1. The number of nitrogens with one attached hydrogen (secondary N) is 2. The van der Waals surface area contributed by atoms with Crippen molar-refractivity contribution in [3.05, 3.63) is 82.9 Å². The highest BCUT2D eigenvalue weighted by Crippen LogP contribution is 2.30. The van der Waals surface area contributed by atoms with Gasteiger partial charge in [0.15, 0.2) is 5.65 Å². The Morgan fingerprint density at radius 2 is 1.62 bits per heavy atom. The lowest BCUT2D eigenvalue weighted by atomic mass is 9.84. The number of amides is 2. The van der Waals surface area contributed by atoms with Crippen molar-refractivity contribution in [1.82, 2.24) is 24.4 Å². The zero-order valence-electron chi connectivity index (χ0n) is 22.1. The van der Waals surface area contributed by atoms with Gasteiger partial charge in [-0.15, -0.1) is 0 Å². The van der Waals surface area contributed by atoms with E-state index in [2.05, 4.69) is 38.5 Å². The highest BCUT2D eigenvalue weighted by Gasteiger charge is 2.24. The number of nitrogens with zero attached hydrogens (tertiary/aromatic N) is 3. The second-order valence-electron chi connectivity index (χ2n) is 9.98. The number of urea groups is 1. The number of benzene rings is 2. The van der Waals surface area contributed by atoms with Gasteiger partial charge in [-0.25, -0.2) is 22.9 Å². The average Bonchev–Trinajstić information content (AvgIpc) is 3.22. The van der Waals surface area contributed by atoms with E-state index in [1.54, 1.807) is 12.1 Å². The fourth-order valence-electron chi connectivity index (χ4n) is 4.36. The first-order chi connectivity index (χ1) is 17.4. The fourth-order valence-corrected chi connectivity index (χ4v) is 5.29. The molecule has 2 heterocycles. The molecular formula is C28H33N5O3S. The standard InChI is InChI=1S/C28H33N5O3S/c1-7-24-25(33-16-19(3)30-20(4)26(33)31-24)21-10-12-22(13-11-21)28(5,6)17-29-27(34)32-37(35,36)23-14-8-18(2)9-15-23/h8-16H,7,17H2,1-6H3,(H2,29,32,34). The molecule has 194 valence electrons. The van der Waals surface area contributed by atoms with Crippen molar-refractivity contribution < 1.29 is 13.2 Å². The molecule has 4 rings (SSSR count). The zero-order chi connectivity index (χ0) is 27.0. The maximum Gasteiger partial charge on any atom is 0.328 e. The number of fused-ring (bicyclic) bond motifs is 1. The highest BCUT2D eigenvalue weighted by molar-refractivity contribution is 7.90. The van der Waals surface area contributed by atoms with E-state index in [1.165, 1.54) is 12.1 Å². The largest absolute Gasteiger partial charge is 0.336 e. The minimum atomic E-state index is -3.94. The van der Waals surface area contributed by atoms with Gasteiger partial charge in [-0.1, -0.05) is 62.7 Å². The summed E-state index contributed by atoms with van der Waals surface area (Å²) in [6.45, 7) is 12.2. The van der Waals surface area contributed by atoms with E-state index in [0.717, 1.165) is 51.5 Å². The molecule has 0 aliphatic carbocycles. The molecule has 0 radical (unpaired) electrons. The predicted octanol–water partition coefficient (Wildman–Crippen LogP) is 4.85. The van der Waals surface area contributed by atoms with Crippen LogP contribution in [-0.4, -0.2) is 35.4 Å². The molecule has 0 atom stereocenters. The summed E-state index contributed by atoms with van der Waals surface area (Å²) < 4.78 is 29.2. The van der Waals surface area contributed by atoms with Gasteiger partial charge in [-0.05, 0) is 44.9 Å². The lowest BCUT2D eigenvalue weighted by Gasteiger charge is -2.26. The van der Waals surface area contributed by atoms with Gasteiger partial charge in [0.05, 0.1) is 27.7 Å². The molecule has 0 fully saturated rings. The van der Waals surface area contributed by atoms with Gasteiger partial charge < -0.3 is 5.32 Å². The first kappa shape index (κ1) is 26.3. The Balaban J connectivity index is 1.50. The monoisotopic (exact) mass is 519 g/mol. The van der Waals surface area contributed by atoms with E-state index < -0.39 is 21.5 Å². The van der Waals surface area contributed by atoms with E-state index in [0.29, 0.717) is 0 Å². The van der Waals surface area contributed by atoms with Crippen LogP contribution in [0.15, 0.2) is 59.6 Å². The van der Waals surface area contributed by atoms with E-state index in [-0.39, 0.29) is 11.4 Å². The van der Waals surface area contributed by atoms with Crippen LogP contribution in [0.3, 0.4) is 0 Å². The van der Waals surface area contributed by atoms with Crippen LogP contribution in [0.2, 0.25) is 0 Å². The highest BCUT2D eigenvalue weighted by atomic mass is 32.2. The predicted molar refractivity (Wildman–Crippen MR) is 145 cm³/mol. The van der Waals surface area contributed by atoms with Crippen molar-refractivity contribution in [3.63, 3.8) is 0 Å². The molecule has 0 saturated heterocycles. The van der Waals surface area contributed by atoms with Gasteiger partial charge in [0, 0.05) is 23.7 Å². The number of imidazole rings is 1. The van der Waals surface area contributed by atoms with Crippen LogP contribution in [0.25, 0.3) is 16.9 Å². The molecule has 0 aliphatic heterocycles. The summed E-state index contributed by atoms with van der Waals surface area (Å²) in [7, 11) is -3.94. The molecule has 9 heteroatoms. The summed E-state index contributed by atoms with van der Waals surface area (Å²) in [6, 6.07) is 13.8. The van der Waals surface area contributed by atoms with Gasteiger partial charge in [-0.3, -0.25) is 9.38 Å². The van der Waals surface area contributed by atoms with Crippen LogP contribution >= 0.6 is 0 Å². The van der Waals surface area contributed by atoms with E-state index in [4.69, 9.17) is 4.98 Å². The van der Waals surface area contributed by atoms with Crippen molar-refractivity contribution >= 4 is 21.7 Å². The molecule has 0 aliphatic rings. The molecule has 0 unspecified atom stereocenters. The summed E-state index contributed by atoms with van der Waals surface area (Å²) in [5.41, 5.74) is 7.30. The molecule has 8 nitrogen and oxygen atoms in total. The zero-order valence-corrected chi connectivity index (χ0v) is 22.9. The molecule has 4 aromatic rings. The molecular weight excluding hydrogens is 486 g/mol. The van der Waals surface area contributed by atoms with Gasteiger partial charge >= 0.3 is 6.03 Å². The minimum Gasteiger partial charge on any atom is -0.336 e. The maximum atomic E-state index is 12.5. The maximum absolute atomic E-state index is 12.5. The third kappa shape index (κ3) is 5.51. The number of hydrogen-bond donors (Lipinski definition) is 2. The molecule has 0 saturated carbocycles. The molecule has 2 N–H and O–H groups in total. The topological polar surface area (TPSA) is 105 Å². The Bertz CT molecular complexity index is 1550. The van der Waals surface area contributed by atoms with Gasteiger partial charge in [-0.2, -0.15) is 0 Å². The van der Waals surface area contributed by atoms with Crippen LogP contribution in [0.1, 0.15) is 49.0 Å². The summed E-state index contributed by atoms with van der Waals surface area (Å²) >= 11 is 0. The molecule has 2 aromatic heterocycles. The first-order valence-corrected chi connectivity index (χ1v) is 13.7. The number of aryl methyl sites for hydroxylation is 4. The van der Waals surface area contributed by atoms with E-state index in [1.807, 2.05) is 52.9 Å². The molecule has 2 aromatic carbocycles. The summed E-state index contributed by atoms with van der Waals surface area (Å²) in [5, 5.41) is 2.71. The Kier molecular flexibility index (Phi) is 7.10. The van der Waals surface area contributed by atoms with Gasteiger partial charge in [0.2, 0.25) is 0 Å². The molecule has 2 amide bonds. The summed E-state index contributed by atoms with van der Waals surface area (Å²) in [6.07, 6.45) is 2.81. The van der Waals surface area contributed by atoms with Crippen LogP contribution in [0.5, 0.6) is 0 Å². The van der Waals surface area contributed by atoms with Crippen molar-refractivity contribution in [1.29, 1.82) is 0 Å². The van der Waals surface area contributed by atoms with Crippen LogP contribution in [0, 0.1) is 20.8 Å². The smallest absolute Gasteiger partial charge is 0.328 e. The third-order valence-corrected chi connectivity index (χ3v) is 7.84. The van der Waals surface area contributed by atoms with Crippen molar-refractivity contribution in [2.45, 2.75) is 58.3 Å². The van der Waals surface area contributed by atoms with Crippen LogP contribution < -0.4 is 10.0 Å². The summed E-state index contributed by atoms with van der Waals surface area (Å²) in [4.78, 5) is 21.8. The second kappa shape index (κ2) is 9.97. The van der Waals surface area contributed by atoms with Crippen molar-refractivity contribution in [3.8, 4) is 11.3 Å². The Morgan fingerprint density at radius 3 is 2.24 bits per heavy atom. The molecule has 37 heavy (non-hydrogen) atoms. The van der Waals surface area contributed by atoms with Crippen LogP contribution in [-0.2, 0) is 21.9 Å². The fraction of sp³-hybridized carbons (Fsp3) is 0.321. The lowest BCUT2D eigenvalue weighted by Crippen LogP contribution is -2.44. The first-order valence-electron chi connectivity index (χ1n) is 12.2. The second-order valence-corrected chi connectivity index (χ2v) is 11.7. The molecule has 0 bridgehead atoms. The number of carbonyl (C=O) groups is 1. The number of sulfonamides is 1. The Hall–Kier alpha value is -3.72. The number of aromatic nitrogens is 3. The van der Waals surface area contributed by atoms with E-state index in [9.17, 15) is 13.2 Å². The van der Waals surface area contributed by atoms with Crippen molar-refractivity contribution in [2.75, 3.05) is 6.54 Å². The number of hydrogen-bond acceptors (Lipinski definition) is 5. The van der Waals surface area contributed by atoms with Gasteiger partial charge in [0.1, 0.15) is 0 Å². The minimum absolute atomic E-state index is 0.0445. The average molecular weight is 520 g/mol. The lowest BCUT2D eigenvalue weighted by molar-refractivity contribution is 0.243. The Morgan fingerprint density at radius 1 is 0.973 bits per heavy atom. The number of carbonyl (C=O) groups excluding carboxylic acids is 1. The van der Waals surface area contributed by atoms with E-state index >= 15 is 0 Å². The van der Waals surface area contributed by atoms with Gasteiger partial charge in [0.25, 0.3) is 10.0 Å². The summed E-state index contributed by atoms with van der Waals surface area (Å²) in [5.74, 6) is 0. The van der Waals surface area contributed by atoms with Crippen molar-refractivity contribution in [2.24, 2.45) is 0 Å². The molecule has 0 spiro atoms. The third-order valence-electron chi connectivity index (χ3n) is 6.49.